The molecule has 0 aromatic rings. The van der Waals surface area contributed by atoms with Crippen molar-refractivity contribution in [2.24, 2.45) is 0 Å². The van der Waals surface area contributed by atoms with Crippen LogP contribution in [0.5, 0.6) is 0 Å². The first kappa shape index (κ1) is 15.9. The summed E-state index contributed by atoms with van der Waals surface area (Å²) < 4.78 is 10.6. The molecule has 0 N–H and O–H groups in total. The van der Waals surface area contributed by atoms with Crippen LogP contribution in [0.15, 0.2) is 0 Å². The lowest BCUT2D eigenvalue weighted by atomic mass is 10.1. The molecular formula is C14H30O2. The van der Waals surface area contributed by atoms with Gasteiger partial charge in [0.1, 0.15) is 0 Å². The van der Waals surface area contributed by atoms with E-state index in [1.165, 1.54) is 51.4 Å². The summed E-state index contributed by atoms with van der Waals surface area (Å²) in [6.45, 7) is 7.74. The van der Waals surface area contributed by atoms with Gasteiger partial charge in [-0.25, -0.2) is 0 Å². The maximum absolute atomic E-state index is 5.30. The first-order valence-corrected chi connectivity index (χ1v) is 7.07. The standard InChI is InChI=1S/C14H30O2/c1-3-15-13-11-9-7-5-6-8-10-12-14-16-4-2/h3-14H2,1-2H3. The Labute approximate surface area is 102 Å². The molecule has 98 valence electrons. The van der Waals surface area contributed by atoms with Crippen LogP contribution in [0.4, 0.5) is 0 Å². The molecule has 0 saturated heterocycles. The fourth-order valence-electron chi connectivity index (χ4n) is 1.76. The van der Waals surface area contributed by atoms with Crippen LogP contribution in [0.3, 0.4) is 0 Å². The minimum absolute atomic E-state index is 0.861. The Balaban J connectivity index is 2.83. The van der Waals surface area contributed by atoms with Crippen LogP contribution >= 0.6 is 0 Å². The lowest BCUT2D eigenvalue weighted by molar-refractivity contribution is 0.142. The topological polar surface area (TPSA) is 18.5 Å². The van der Waals surface area contributed by atoms with Gasteiger partial charge >= 0.3 is 0 Å². The first-order valence-electron chi connectivity index (χ1n) is 7.07. The molecule has 0 saturated carbocycles. The van der Waals surface area contributed by atoms with Crippen molar-refractivity contribution in [3.05, 3.63) is 0 Å². The number of hydrogen-bond donors (Lipinski definition) is 0. The van der Waals surface area contributed by atoms with Crippen LogP contribution in [0.1, 0.15) is 65.2 Å². The van der Waals surface area contributed by atoms with Crippen molar-refractivity contribution >= 4 is 0 Å². The summed E-state index contributed by atoms with van der Waals surface area (Å²) in [5.74, 6) is 0. The van der Waals surface area contributed by atoms with Crippen LogP contribution in [0, 0.1) is 0 Å². The summed E-state index contributed by atoms with van der Waals surface area (Å²) in [5, 5.41) is 0. The molecule has 0 bridgehead atoms. The second-order valence-corrected chi connectivity index (χ2v) is 4.22. The van der Waals surface area contributed by atoms with E-state index in [0.29, 0.717) is 0 Å². The second-order valence-electron chi connectivity index (χ2n) is 4.22. The monoisotopic (exact) mass is 230 g/mol. The largest absolute Gasteiger partial charge is 0.382 e. The van der Waals surface area contributed by atoms with Gasteiger partial charge in [-0.05, 0) is 26.7 Å². The van der Waals surface area contributed by atoms with Crippen molar-refractivity contribution in [3.63, 3.8) is 0 Å². The smallest absolute Gasteiger partial charge is 0.0465 e. The molecule has 0 aliphatic carbocycles. The molecule has 16 heavy (non-hydrogen) atoms. The zero-order valence-electron chi connectivity index (χ0n) is 11.3. The van der Waals surface area contributed by atoms with Gasteiger partial charge in [-0.2, -0.15) is 0 Å². The van der Waals surface area contributed by atoms with E-state index in [1.807, 2.05) is 0 Å². The van der Waals surface area contributed by atoms with Crippen molar-refractivity contribution in [1.29, 1.82) is 0 Å². The Bertz CT molecular complexity index is 101. The molecule has 0 unspecified atom stereocenters. The van der Waals surface area contributed by atoms with Gasteiger partial charge in [0.05, 0.1) is 0 Å². The Morgan fingerprint density at radius 3 is 1.12 bits per heavy atom. The quantitative estimate of drug-likeness (QED) is 0.442. The maximum Gasteiger partial charge on any atom is 0.0465 e. The molecule has 0 aliphatic heterocycles. The summed E-state index contributed by atoms with van der Waals surface area (Å²) >= 11 is 0. The van der Waals surface area contributed by atoms with Gasteiger partial charge in [-0.15, -0.1) is 0 Å². The van der Waals surface area contributed by atoms with Crippen LogP contribution in [-0.2, 0) is 9.47 Å². The average molecular weight is 230 g/mol. The zero-order chi connectivity index (χ0) is 11.9. The Kier molecular flexibility index (Phi) is 14.8. The van der Waals surface area contributed by atoms with Crippen molar-refractivity contribution in [1.82, 2.24) is 0 Å². The van der Waals surface area contributed by atoms with E-state index >= 15 is 0 Å². The molecule has 0 amide bonds. The predicted octanol–water partition coefficient (Wildman–Crippen LogP) is 4.18. The van der Waals surface area contributed by atoms with Gasteiger partial charge in [0.25, 0.3) is 0 Å². The van der Waals surface area contributed by atoms with Gasteiger partial charge in [0, 0.05) is 26.4 Å². The molecule has 2 nitrogen and oxygen atoms in total. The van der Waals surface area contributed by atoms with E-state index in [9.17, 15) is 0 Å². The molecule has 0 heterocycles. The molecule has 0 radical (unpaired) electrons. The number of rotatable bonds is 13. The van der Waals surface area contributed by atoms with Crippen molar-refractivity contribution < 1.29 is 9.47 Å². The van der Waals surface area contributed by atoms with E-state index in [2.05, 4.69) is 13.8 Å². The van der Waals surface area contributed by atoms with Crippen molar-refractivity contribution in [2.45, 2.75) is 65.2 Å². The van der Waals surface area contributed by atoms with Crippen LogP contribution in [-0.4, -0.2) is 26.4 Å². The molecule has 0 aromatic heterocycles. The summed E-state index contributed by atoms with van der Waals surface area (Å²) in [4.78, 5) is 0. The fourth-order valence-corrected chi connectivity index (χ4v) is 1.76. The SMILES string of the molecule is CCOCCCCCCCCCCOCC. The molecule has 2 heteroatoms. The zero-order valence-corrected chi connectivity index (χ0v) is 11.3. The Hall–Kier alpha value is -0.0800. The molecule has 0 aromatic carbocycles. The minimum atomic E-state index is 0.861. The first-order chi connectivity index (χ1) is 7.91. The number of unbranched alkanes of at least 4 members (excludes halogenated alkanes) is 7. The highest BCUT2D eigenvalue weighted by Gasteiger charge is 1.92. The summed E-state index contributed by atoms with van der Waals surface area (Å²) in [6, 6.07) is 0. The van der Waals surface area contributed by atoms with E-state index in [4.69, 9.17) is 9.47 Å². The fraction of sp³-hybridized carbons (Fsp3) is 1.00. The molecule has 0 fully saturated rings. The van der Waals surface area contributed by atoms with E-state index in [-0.39, 0.29) is 0 Å². The molecule has 0 rings (SSSR count). The highest BCUT2D eigenvalue weighted by molar-refractivity contribution is 4.46. The van der Waals surface area contributed by atoms with Crippen LogP contribution in [0.25, 0.3) is 0 Å². The highest BCUT2D eigenvalue weighted by Crippen LogP contribution is 2.08. The van der Waals surface area contributed by atoms with Gasteiger partial charge in [0.2, 0.25) is 0 Å². The molecule has 0 atom stereocenters. The second kappa shape index (κ2) is 14.9. The predicted molar refractivity (Wildman–Crippen MR) is 69.9 cm³/mol. The lowest BCUT2D eigenvalue weighted by Gasteiger charge is -2.03. The van der Waals surface area contributed by atoms with Crippen molar-refractivity contribution in [2.75, 3.05) is 26.4 Å². The summed E-state index contributed by atoms with van der Waals surface area (Å²) in [5.41, 5.74) is 0. The normalized spacial score (nSPS) is 10.9. The number of hydrogen-bond acceptors (Lipinski definition) is 2. The van der Waals surface area contributed by atoms with Gasteiger partial charge in [-0.1, -0.05) is 38.5 Å². The third-order valence-corrected chi connectivity index (χ3v) is 2.74. The van der Waals surface area contributed by atoms with E-state index < -0.39 is 0 Å². The Morgan fingerprint density at radius 2 is 0.812 bits per heavy atom. The van der Waals surface area contributed by atoms with Crippen LogP contribution < -0.4 is 0 Å². The van der Waals surface area contributed by atoms with Crippen molar-refractivity contribution in [3.8, 4) is 0 Å². The van der Waals surface area contributed by atoms with Crippen LogP contribution in [0.2, 0.25) is 0 Å². The third-order valence-electron chi connectivity index (χ3n) is 2.74. The summed E-state index contributed by atoms with van der Waals surface area (Å²) in [6.07, 6.45) is 10.7. The molecule has 0 spiro atoms. The van der Waals surface area contributed by atoms with E-state index in [1.54, 1.807) is 0 Å². The van der Waals surface area contributed by atoms with E-state index in [0.717, 1.165) is 26.4 Å². The minimum Gasteiger partial charge on any atom is -0.382 e. The molecule has 0 aliphatic rings. The van der Waals surface area contributed by atoms with Gasteiger partial charge < -0.3 is 9.47 Å². The maximum atomic E-state index is 5.30. The Morgan fingerprint density at radius 1 is 0.500 bits per heavy atom. The lowest BCUT2D eigenvalue weighted by Crippen LogP contribution is -1.93. The summed E-state index contributed by atoms with van der Waals surface area (Å²) in [7, 11) is 0. The average Bonchev–Trinajstić information content (AvgIpc) is 2.31. The third kappa shape index (κ3) is 13.9. The highest BCUT2D eigenvalue weighted by atomic mass is 16.5. The van der Waals surface area contributed by atoms with Gasteiger partial charge in [-0.3, -0.25) is 0 Å². The number of ether oxygens (including phenoxy) is 2. The van der Waals surface area contributed by atoms with Gasteiger partial charge in [0.15, 0.2) is 0 Å². The molecular weight excluding hydrogens is 200 g/mol.